The van der Waals surface area contributed by atoms with Crippen LogP contribution in [0.15, 0.2) is 42.5 Å². The van der Waals surface area contributed by atoms with E-state index in [-0.39, 0.29) is 30.2 Å². The van der Waals surface area contributed by atoms with Gasteiger partial charge in [-0.05, 0) is 49.4 Å². The third-order valence-corrected chi connectivity index (χ3v) is 8.24. The second-order valence-electron chi connectivity index (χ2n) is 8.08. The molecule has 2 atom stereocenters. The van der Waals surface area contributed by atoms with Crippen LogP contribution < -0.4 is 5.32 Å². The minimum Gasteiger partial charge on any atom is -0.349 e. The molecule has 1 saturated heterocycles. The van der Waals surface area contributed by atoms with Gasteiger partial charge in [-0.15, -0.1) is 0 Å². The maximum absolute atomic E-state index is 13.0. The van der Waals surface area contributed by atoms with Crippen LogP contribution in [0.5, 0.6) is 0 Å². The number of nitrogens with zero attached hydrogens (tertiary/aromatic N) is 1. The molecule has 3 rings (SSSR count). The van der Waals surface area contributed by atoms with Crippen molar-refractivity contribution in [3.8, 4) is 0 Å². The number of carbonyl (C=O) groups is 1. The summed E-state index contributed by atoms with van der Waals surface area (Å²) in [6.45, 7) is 4.67. The SMILES string of the molecule is CC[C@@H](NC(=O)[C@@H]1CCCN(S(=O)(=O)Cc2ccc(Cl)c(Cl)c2)C1)c1ccc(C)cc1. The van der Waals surface area contributed by atoms with Crippen LogP contribution in [0.1, 0.15) is 48.9 Å². The number of aryl methyl sites for hydroxylation is 1. The Balaban J connectivity index is 1.66. The molecule has 1 fully saturated rings. The van der Waals surface area contributed by atoms with E-state index in [0.29, 0.717) is 35.0 Å². The summed E-state index contributed by atoms with van der Waals surface area (Å²) >= 11 is 11.9. The molecule has 0 unspecified atom stereocenters. The lowest BCUT2D eigenvalue weighted by Gasteiger charge is -2.32. The molecule has 8 heteroatoms. The summed E-state index contributed by atoms with van der Waals surface area (Å²) in [5.74, 6) is -0.627. The van der Waals surface area contributed by atoms with Gasteiger partial charge >= 0.3 is 0 Å². The fraction of sp³-hybridized carbons (Fsp3) is 0.435. The van der Waals surface area contributed by atoms with Crippen LogP contribution in [0, 0.1) is 12.8 Å². The van der Waals surface area contributed by atoms with Crippen molar-refractivity contribution in [2.45, 2.75) is 44.9 Å². The van der Waals surface area contributed by atoms with Gasteiger partial charge in [-0.2, -0.15) is 0 Å². The fourth-order valence-corrected chi connectivity index (χ4v) is 5.77. The van der Waals surface area contributed by atoms with Crippen LogP contribution in [-0.4, -0.2) is 31.7 Å². The molecule has 2 aromatic carbocycles. The van der Waals surface area contributed by atoms with E-state index in [1.165, 1.54) is 9.87 Å². The molecular weight excluding hydrogens is 455 g/mol. The zero-order valence-electron chi connectivity index (χ0n) is 17.8. The molecular formula is C23H28Cl2N2O3S. The van der Waals surface area contributed by atoms with Crippen molar-refractivity contribution in [1.82, 2.24) is 9.62 Å². The van der Waals surface area contributed by atoms with E-state index in [1.807, 2.05) is 38.1 Å². The van der Waals surface area contributed by atoms with E-state index < -0.39 is 10.0 Å². The van der Waals surface area contributed by atoms with E-state index in [9.17, 15) is 13.2 Å². The maximum atomic E-state index is 13.0. The molecule has 2 aromatic rings. The van der Waals surface area contributed by atoms with E-state index in [4.69, 9.17) is 23.2 Å². The largest absolute Gasteiger partial charge is 0.349 e. The van der Waals surface area contributed by atoms with Gasteiger partial charge in [0, 0.05) is 13.1 Å². The summed E-state index contributed by atoms with van der Waals surface area (Å²) in [4.78, 5) is 13.0. The highest BCUT2D eigenvalue weighted by molar-refractivity contribution is 7.88. The molecule has 1 aliphatic rings. The Morgan fingerprint density at radius 1 is 1.16 bits per heavy atom. The second kappa shape index (κ2) is 10.3. The van der Waals surface area contributed by atoms with Crippen LogP contribution in [0.4, 0.5) is 0 Å². The standard InChI is InChI=1S/C23H28Cl2N2O3S/c1-3-22(18-9-6-16(2)7-10-18)26-23(28)19-5-4-12-27(14-19)31(29,30)15-17-8-11-20(24)21(25)13-17/h6-11,13,19,22H,3-5,12,14-15H2,1-2H3,(H,26,28)/t19-,22-/m1/s1. The molecule has 31 heavy (non-hydrogen) atoms. The Hall–Kier alpha value is -1.60. The molecule has 0 spiro atoms. The molecule has 168 valence electrons. The number of rotatable bonds is 7. The van der Waals surface area contributed by atoms with Crippen molar-refractivity contribution in [1.29, 1.82) is 0 Å². The van der Waals surface area contributed by atoms with Gasteiger partial charge in [-0.25, -0.2) is 12.7 Å². The van der Waals surface area contributed by atoms with Gasteiger partial charge in [0.2, 0.25) is 15.9 Å². The first-order valence-electron chi connectivity index (χ1n) is 10.5. The van der Waals surface area contributed by atoms with Crippen LogP contribution in [0.25, 0.3) is 0 Å². The normalized spacial score (nSPS) is 18.5. The number of halogens is 2. The Morgan fingerprint density at radius 2 is 1.87 bits per heavy atom. The number of carbonyl (C=O) groups excluding carboxylic acids is 1. The monoisotopic (exact) mass is 482 g/mol. The first-order chi connectivity index (χ1) is 14.7. The van der Waals surface area contributed by atoms with Crippen LogP contribution in [0.2, 0.25) is 10.0 Å². The molecule has 1 aliphatic heterocycles. The second-order valence-corrected chi connectivity index (χ2v) is 10.9. The Bertz CT molecular complexity index is 1030. The van der Waals surface area contributed by atoms with Gasteiger partial charge < -0.3 is 5.32 Å². The van der Waals surface area contributed by atoms with Gasteiger partial charge in [0.1, 0.15) is 0 Å². The molecule has 0 bridgehead atoms. The predicted octanol–water partition coefficient (Wildman–Crippen LogP) is 5.11. The van der Waals surface area contributed by atoms with E-state index >= 15 is 0 Å². The minimum absolute atomic E-state index is 0.0868. The van der Waals surface area contributed by atoms with Gasteiger partial charge in [-0.3, -0.25) is 4.79 Å². The molecule has 5 nitrogen and oxygen atoms in total. The van der Waals surface area contributed by atoms with Crippen molar-refractivity contribution in [3.63, 3.8) is 0 Å². The topological polar surface area (TPSA) is 66.5 Å². The molecule has 1 heterocycles. The number of benzene rings is 2. The molecule has 0 saturated carbocycles. The molecule has 1 N–H and O–H groups in total. The van der Waals surface area contributed by atoms with Gasteiger partial charge in [0.05, 0.1) is 27.8 Å². The summed E-state index contributed by atoms with van der Waals surface area (Å²) in [6.07, 6.45) is 2.09. The lowest BCUT2D eigenvalue weighted by atomic mass is 9.97. The fourth-order valence-electron chi connectivity index (χ4n) is 3.85. The minimum atomic E-state index is -3.57. The Labute approximate surface area is 194 Å². The number of nitrogens with one attached hydrogen (secondary N) is 1. The zero-order valence-corrected chi connectivity index (χ0v) is 20.1. The van der Waals surface area contributed by atoms with Crippen molar-refractivity contribution >= 4 is 39.1 Å². The number of hydrogen-bond acceptors (Lipinski definition) is 3. The smallest absolute Gasteiger partial charge is 0.224 e. The highest BCUT2D eigenvalue weighted by Gasteiger charge is 2.33. The average molecular weight is 483 g/mol. The Kier molecular flexibility index (Phi) is 8.03. The number of hydrogen-bond donors (Lipinski definition) is 1. The van der Waals surface area contributed by atoms with E-state index in [2.05, 4.69) is 5.32 Å². The highest BCUT2D eigenvalue weighted by atomic mass is 35.5. The van der Waals surface area contributed by atoms with Crippen LogP contribution >= 0.6 is 23.2 Å². The molecule has 0 radical (unpaired) electrons. The third kappa shape index (κ3) is 6.22. The lowest BCUT2D eigenvalue weighted by Crippen LogP contribution is -2.46. The summed E-state index contributed by atoms with van der Waals surface area (Å²) in [6, 6.07) is 12.9. The summed E-state index contributed by atoms with van der Waals surface area (Å²) in [5, 5.41) is 3.83. The van der Waals surface area contributed by atoms with Crippen LogP contribution in [-0.2, 0) is 20.6 Å². The quantitative estimate of drug-likeness (QED) is 0.595. The van der Waals surface area contributed by atoms with Crippen molar-refractivity contribution < 1.29 is 13.2 Å². The maximum Gasteiger partial charge on any atom is 0.224 e. The zero-order chi connectivity index (χ0) is 22.6. The third-order valence-electron chi connectivity index (χ3n) is 5.69. The number of amides is 1. The summed E-state index contributed by atoms with van der Waals surface area (Å²) in [7, 11) is -3.57. The first kappa shape index (κ1) is 24.1. The summed E-state index contributed by atoms with van der Waals surface area (Å²) < 4.78 is 27.4. The number of piperidine rings is 1. The van der Waals surface area contributed by atoms with Crippen molar-refractivity contribution in [2.24, 2.45) is 5.92 Å². The van der Waals surface area contributed by atoms with E-state index in [1.54, 1.807) is 18.2 Å². The van der Waals surface area contributed by atoms with Crippen molar-refractivity contribution in [3.05, 3.63) is 69.2 Å². The first-order valence-corrected chi connectivity index (χ1v) is 12.8. The Morgan fingerprint density at radius 3 is 2.52 bits per heavy atom. The highest BCUT2D eigenvalue weighted by Crippen LogP contribution is 2.27. The molecule has 0 aliphatic carbocycles. The predicted molar refractivity (Wildman–Crippen MR) is 126 cm³/mol. The van der Waals surface area contributed by atoms with Crippen LogP contribution in [0.3, 0.4) is 0 Å². The van der Waals surface area contributed by atoms with Gasteiger partial charge in [0.25, 0.3) is 0 Å². The lowest BCUT2D eigenvalue weighted by molar-refractivity contribution is -0.126. The van der Waals surface area contributed by atoms with E-state index in [0.717, 1.165) is 12.0 Å². The van der Waals surface area contributed by atoms with Crippen molar-refractivity contribution in [2.75, 3.05) is 13.1 Å². The average Bonchev–Trinajstić information content (AvgIpc) is 2.75. The van der Waals surface area contributed by atoms with Gasteiger partial charge in [0.15, 0.2) is 0 Å². The van der Waals surface area contributed by atoms with Gasteiger partial charge in [-0.1, -0.05) is 66.0 Å². The molecule has 1 amide bonds. The molecule has 0 aromatic heterocycles. The summed E-state index contributed by atoms with van der Waals surface area (Å²) in [5.41, 5.74) is 2.80. The number of sulfonamides is 1.